The Kier molecular flexibility index (Phi) is 6.68. The van der Waals surface area contributed by atoms with Crippen LogP contribution in [-0.4, -0.2) is 44.6 Å². The molecule has 1 aliphatic rings. The summed E-state index contributed by atoms with van der Waals surface area (Å²) in [6.45, 7) is 1.44. The van der Waals surface area contributed by atoms with Crippen molar-refractivity contribution in [3.63, 3.8) is 0 Å². The SMILES string of the molecule is CC(NC(=O)c1cc(C(F)(F)F)cc(C(F)(F)F)c1)c1nccnc1C1=NN(C)C(=O)CS1. The zero-order valence-corrected chi connectivity index (χ0v) is 17.8. The van der Waals surface area contributed by atoms with Gasteiger partial charge in [0.25, 0.3) is 11.8 Å². The van der Waals surface area contributed by atoms with Crippen LogP contribution in [0.25, 0.3) is 0 Å². The van der Waals surface area contributed by atoms with E-state index in [2.05, 4.69) is 20.4 Å². The molecule has 1 aliphatic heterocycles. The van der Waals surface area contributed by atoms with E-state index in [0.29, 0.717) is 17.2 Å². The number of nitrogens with one attached hydrogen (secondary N) is 1. The lowest BCUT2D eigenvalue weighted by Gasteiger charge is -2.21. The van der Waals surface area contributed by atoms with Crippen LogP contribution < -0.4 is 5.32 Å². The summed E-state index contributed by atoms with van der Waals surface area (Å²) in [6.07, 6.45) is -7.52. The first-order valence-corrected chi connectivity index (χ1v) is 10.2. The Balaban J connectivity index is 1.92. The molecule has 1 aromatic carbocycles. The van der Waals surface area contributed by atoms with Crippen LogP contribution in [0.3, 0.4) is 0 Å². The number of amides is 2. The number of carbonyl (C=O) groups excluding carboxylic acids is 2. The monoisotopic (exact) mass is 491 g/mol. The standard InChI is InChI=1S/C19H15F6N5O2S/c1-9(14-15(27-4-3-26-14)17-29-30(2)13(31)8-33-17)28-16(32)10-5-11(18(20,21)22)7-12(6-10)19(23,24)25/h3-7,9H,8H2,1-2H3,(H,28,32). The Labute approximate surface area is 187 Å². The zero-order valence-electron chi connectivity index (χ0n) is 17.0. The molecule has 14 heteroatoms. The molecule has 33 heavy (non-hydrogen) atoms. The van der Waals surface area contributed by atoms with Crippen LogP contribution in [0.15, 0.2) is 35.7 Å². The third-order valence-electron chi connectivity index (χ3n) is 4.47. The van der Waals surface area contributed by atoms with Gasteiger partial charge in [-0.25, -0.2) is 5.01 Å². The van der Waals surface area contributed by atoms with Gasteiger partial charge in [0.1, 0.15) is 10.7 Å². The second-order valence-corrected chi connectivity index (χ2v) is 7.86. The fourth-order valence-corrected chi connectivity index (χ4v) is 3.75. The Bertz CT molecular complexity index is 1090. The van der Waals surface area contributed by atoms with Gasteiger partial charge in [-0.05, 0) is 25.1 Å². The molecule has 0 spiro atoms. The highest BCUT2D eigenvalue weighted by Crippen LogP contribution is 2.36. The first kappa shape index (κ1) is 24.5. The maximum absolute atomic E-state index is 13.1. The van der Waals surface area contributed by atoms with Crippen LogP contribution in [0.1, 0.15) is 45.8 Å². The van der Waals surface area contributed by atoms with Crippen LogP contribution in [0.2, 0.25) is 0 Å². The van der Waals surface area contributed by atoms with E-state index in [1.165, 1.54) is 26.4 Å². The number of benzene rings is 1. The number of aromatic nitrogens is 2. The third-order valence-corrected chi connectivity index (χ3v) is 5.41. The Morgan fingerprint density at radius 2 is 1.64 bits per heavy atom. The van der Waals surface area contributed by atoms with E-state index in [-0.39, 0.29) is 29.1 Å². The molecule has 1 unspecified atom stereocenters. The summed E-state index contributed by atoms with van der Waals surface area (Å²) in [5, 5.41) is 7.86. The van der Waals surface area contributed by atoms with Crippen molar-refractivity contribution >= 4 is 28.6 Å². The summed E-state index contributed by atoms with van der Waals surface area (Å²) in [6, 6.07) is -0.333. The highest BCUT2D eigenvalue weighted by Gasteiger charge is 2.37. The lowest BCUT2D eigenvalue weighted by Crippen LogP contribution is -2.32. The number of thioether (sulfide) groups is 1. The summed E-state index contributed by atoms with van der Waals surface area (Å²) in [4.78, 5) is 32.5. The van der Waals surface area contributed by atoms with Crippen LogP contribution in [0, 0.1) is 0 Å². The van der Waals surface area contributed by atoms with Gasteiger partial charge in [-0.2, -0.15) is 31.4 Å². The molecule has 0 saturated heterocycles. The minimum Gasteiger partial charge on any atom is -0.344 e. The molecule has 0 radical (unpaired) electrons. The average Bonchev–Trinajstić information content (AvgIpc) is 2.74. The van der Waals surface area contributed by atoms with Gasteiger partial charge in [0.05, 0.1) is 28.6 Å². The van der Waals surface area contributed by atoms with E-state index >= 15 is 0 Å². The molecule has 0 bridgehead atoms. The van der Waals surface area contributed by atoms with E-state index in [1.807, 2.05) is 0 Å². The number of alkyl halides is 6. The number of nitrogens with zero attached hydrogens (tertiary/aromatic N) is 4. The summed E-state index contributed by atoms with van der Waals surface area (Å²) >= 11 is 1.08. The van der Waals surface area contributed by atoms with Crippen molar-refractivity contribution in [3.8, 4) is 0 Å². The quantitative estimate of drug-likeness (QED) is 0.657. The van der Waals surface area contributed by atoms with Crippen LogP contribution in [-0.2, 0) is 17.1 Å². The number of hydrazone groups is 1. The topological polar surface area (TPSA) is 87.6 Å². The summed E-state index contributed by atoms with van der Waals surface area (Å²) in [5.41, 5.74) is -3.63. The molecular formula is C19H15F6N5O2S. The van der Waals surface area contributed by atoms with Gasteiger partial charge in [-0.3, -0.25) is 19.6 Å². The number of halogens is 6. The molecule has 3 rings (SSSR count). The van der Waals surface area contributed by atoms with Crippen LogP contribution in [0.4, 0.5) is 26.3 Å². The van der Waals surface area contributed by atoms with Crippen molar-refractivity contribution in [2.75, 3.05) is 12.8 Å². The Morgan fingerprint density at radius 1 is 1.06 bits per heavy atom. The normalized spacial score (nSPS) is 15.8. The van der Waals surface area contributed by atoms with E-state index in [1.54, 1.807) is 0 Å². The van der Waals surface area contributed by atoms with Gasteiger partial charge in [0.2, 0.25) is 0 Å². The minimum atomic E-state index is -5.08. The average molecular weight is 491 g/mol. The molecule has 7 nitrogen and oxygen atoms in total. The van der Waals surface area contributed by atoms with Crippen LogP contribution >= 0.6 is 11.8 Å². The molecule has 176 valence electrons. The van der Waals surface area contributed by atoms with Crippen molar-refractivity contribution < 1.29 is 35.9 Å². The predicted octanol–water partition coefficient (Wildman–Crippen LogP) is 3.87. The van der Waals surface area contributed by atoms with Crippen molar-refractivity contribution in [2.45, 2.75) is 25.3 Å². The number of hydrogen-bond donors (Lipinski definition) is 1. The molecule has 2 amide bonds. The van der Waals surface area contributed by atoms with E-state index in [9.17, 15) is 35.9 Å². The fraction of sp³-hybridized carbons (Fsp3) is 0.316. The molecule has 1 atom stereocenters. The molecule has 2 aromatic rings. The van der Waals surface area contributed by atoms with Gasteiger partial charge in [-0.1, -0.05) is 11.8 Å². The molecule has 1 aromatic heterocycles. The number of carbonyl (C=O) groups is 2. The number of hydrogen-bond acceptors (Lipinski definition) is 6. The van der Waals surface area contributed by atoms with Crippen LogP contribution in [0.5, 0.6) is 0 Å². The summed E-state index contributed by atoms with van der Waals surface area (Å²) in [7, 11) is 1.44. The highest BCUT2D eigenvalue weighted by atomic mass is 32.2. The molecular weight excluding hydrogens is 476 g/mol. The second kappa shape index (κ2) is 9.00. The first-order chi connectivity index (χ1) is 15.3. The Morgan fingerprint density at radius 3 is 2.18 bits per heavy atom. The third kappa shape index (κ3) is 5.61. The molecule has 0 aliphatic carbocycles. The van der Waals surface area contributed by atoms with Crippen molar-refractivity contribution in [1.29, 1.82) is 0 Å². The highest BCUT2D eigenvalue weighted by molar-refractivity contribution is 8.15. The van der Waals surface area contributed by atoms with Gasteiger partial charge in [0, 0.05) is 25.0 Å². The minimum absolute atomic E-state index is 0.0583. The van der Waals surface area contributed by atoms with Crippen molar-refractivity contribution in [1.82, 2.24) is 20.3 Å². The van der Waals surface area contributed by atoms with E-state index in [4.69, 9.17) is 0 Å². The second-order valence-electron chi connectivity index (χ2n) is 6.89. The summed E-state index contributed by atoms with van der Waals surface area (Å²) in [5.74, 6) is -1.34. The predicted molar refractivity (Wildman–Crippen MR) is 106 cm³/mol. The fourth-order valence-electron chi connectivity index (χ4n) is 2.82. The number of rotatable bonds is 4. The largest absolute Gasteiger partial charge is 0.416 e. The maximum atomic E-state index is 13.1. The first-order valence-electron chi connectivity index (χ1n) is 9.17. The van der Waals surface area contributed by atoms with E-state index in [0.717, 1.165) is 16.8 Å². The van der Waals surface area contributed by atoms with Gasteiger partial charge < -0.3 is 5.32 Å². The molecule has 2 heterocycles. The van der Waals surface area contributed by atoms with Crippen molar-refractivity contribution in [2.24, 2.45) is 5.10 Å². The summed E-state index contributed by atoms with van der Waals surface area (Å²) < 4.78 is 78.5. The molecule has 0 fully saturated rings. The molecule has 0 saturated carbocycles. The van der Waals surface area contributed by atoms with Crippen molar-refractivity contribution in [3.05, 3.63) is 58.7 Å². The van der Waals surface area contributed by atoms with Gasteiger partial charge in [-0.15, -0.1) is 0 Å². The smallest absolute Gasteiger partial charge is 0.344 e. The lowest BCUT2D eigenvalue weighted by molar-refractivity contribution is -0.143. The maximum Gasteiger partial charge on any atom is 0.416 e. The van der Waals surface area contributed by atoms with E-state index < -0.39 is 41.0 Å². The van der Waals surface area contributed by atoms with Gasteiger partial charge in [0.15, 0.2) is 0 Å². The Hall–Kier alpha value is -3.16. The van der Waals surface area contributed by atoms with Gasteiger partial charge >= 0.3 is 12.4 Å². The molecule has 1 N–H and O–H groups in total. The zero-order chi connectivity index (χ0) is 24.6. The lowest BCUT2D eigenvalue weighted by atomic mass is 10.0.